The Morgan fingerprint density at radius 1 is 0.966 bits per heavy atom. The van der Waals surface area contributed by atoms with Crippen LogP contribution in [0.25, 0.3) is 17.2 Å². The highest BCUT2D eigenvalue weighted by atomic mass is 16.5. The van der Waals surface area contributed by atoms with Crippen LogP contribution in [0.3, 0.4) is 0 Å². The quantitative estimate of drug-likeness (QED) is 0.419. The Morgan fingerprint density at radius 2 is 1.55 bits per heavy atom. The maximum absolute atomic E-state index is 11.4. The normalized spacial score (nSPS) is 10.9. The minimum absolute atomic E-state index is 0.405. The van der Waals surface area contributed by atoms with E-state index in [1.165, 1.54) is 0 Å². The lowest BCUT2D eigenvalue weighted by molar-refractivity contribution is 0.0706. The fourth-order valence-electron chi connectivity index (χ4n) is 2.89. The van der Waals surface area contributed by atoms with Crippen LogP contribution in [0.15, 0.2) is 78.4 Å². The summed E-state index contributed by atoms with van der Waals surface area (Å²) < 4.78 is 0. The van der Waals surface area contributed by atoms with Gasteiger partial charge in [-0.2, -0.15) is 5.26 Å². The monoisotopic (exact) mass is 383 g/mol. The number of rotatable bonds is 6. The highest BCUT2D eigenvalue weighted by Gasteiger charge is 2.03. The molecule has 0 unspecified atom stereocenters. The Hall–Kier alpha value is -3.88. The molecule has 0 saturated carbocycles. The number of nitrogens with one attached hydrogen (secondary N) is 2. The highest BCUT2D eigenvalue weighted by Crippen LogP contribution is 2.22. The first kappa shape index (κ1) is 19.9. The Bertz CT molecular complexity index is 1050. The van der Waals surface area contributed by atoms with Crippen molar-refractivity contribution in [3.63, 3.8) is 0 Å². The minimum Gasteiger partial charge on any atom is -0.381 e. The van der Waals surface area contributed by atoms with Gasteiger partial charge in [0.25, 0.3) is 5.91 Å². The molecule has 3 aromatic rings. The van der Waals surface area contributed by atoms with E-state index in [4.69, 9.17) is 10.5 Å². The number of carbonyl (C=O) groups is 1. The van der Waals surface area contributed by atoms with Crippen LogP contribution in [0.2, 0.25) is 0 Å². The molecule has 3 aromatic carbocycles. The molecule has 5 nitrogen and oxygen atoms in total. The predicted molar refractivity (Wildman–Crippen MR) is 114 cm³/mol. The fourth-order valence-corrected chi connectivity index (χ4v) is 2.89. The van der Waals surface area contributed by atoms with E-state index in [2.05, 4.69) is 11.4 Å². The average molecular weight is 383 g/mol. The first-order valence-electron chi connectivity index (χ1n) is 9.15. The van der Waals surface area contributed by atoms with E-state index < -0.39 is 5.91 Å². The number of anilines is 1. The number of nitriles is 1. The van der Waals surface area contributed by atoms with Gasteiger partial charge in [0.15, 0.2) is 0 Å². The van der Waals surface area contributed by atoms with Crippen LogP contribution in [0, 0.1) is 11.3 Å². The smallest absolute Gasteiger partial charge is 0.274 e. The Labute approximate surface area is 169 Å². The van der Waals surface area contributed by atoms with Crippen LogP contribution in [0.1, 0.15) is 28.4 Å². The fraction of sp³-hybridized carbons (Fsp3) is 0.0833. The first-order chi connectivity index (χ1) is 14.1. The van der Waals surface area contributed by atoms with E-state index in [1.807, 2.05) is 73.7 Å². The molecule has 0 aliphatic carbocycles. The molecule has 0 saturated heterocycles. The number of carbonyl (C=O) groups excluding carboxylic acids is 1. The van der Waals surface area contributed by atoms with Crippen LogP contribution in [-0.2, 0) is 0 Å². The molecule has 0 spiro atoms. The summed E-state index contributed by atoms with van der Waals surface area (Å²) in [7, 11) is 0. The molecule has 0 fully saturated rings. The largest absolute Gasteiger partial charge is 0.381 e. The molecule has 1 amide bonds. The molecular formula is C24H21N3O2. The third kappa shape index (κ3) is 5.32. The Balaban J connectivity index is 1.59. The zero-order valence-corrected chi connectivity index (χ0v) is 16.0. The van der Waals surface area contributed by atoms with Gasteiger partial charge in [0.05, 0.1) is 11.6 Å². The molecule has 0 aromatic heterocycles. The number of amides is 1. The van der Waals surface area contributed by atoms with Crippen molar-refractivity contribution in [2.45, 2.75) is 6.92 Å². The summed E-state index contributed by atoms with van der Waals surface area (Å²) in [6, 6.07) is 24.8. The predicted octanol–water partition coefficient (Wildman–Crippen LogP) is 4.86. The SMILES string of the molecule is C/C(=C\c1ccc(C(=O)NO)cc1)CNc1ccc(-c2ccc(C#N)cc2)cc1. The van der Waals surface area contributed by atoms with Gasteiger partial charge in [-0.15, -0.1) is 0 Å². The van der Waals surface area contributed by atoms with Gasteiger partial charge in [-0.25, -0.2) is 5.48 Å². The molecule has 29 heavy (non-hydrogen) atoms. The van der Waals surface area contributed by atoms with E-state index in [-0.39, 0.29) is 0 Å². The number of hydrogen-bond donors (Lipinski definition) is 3. The number of benzene rings is 3. The van der Waals surface area contributed by atoms with E-state index >= 15 is 0 Å². The molecule has 0 atom stereocenters. The zero-order valence-electron chi connectivity index (χ0n) is 16.0. The lowest BCUT2D eigenvalue weighted by atomic mass is 10.0. The molecular weight excluding hydrogens is 362 g/mol. The van der Waals surface area contributed by atoms with Crippen LogP contribution >= 0.6 is 0 Å². The summed E-state index contributed by atoms with van der Waals surface area (Å²) in [6.07, 6.45) is 2.04. The number of hydrogen-bond acceptors (Lipinski definition) is 4. The van der Waals surface area contributed by atoms with Gasteiger partial charge in [-0.1, -0.05) is 48.0 Å². The van der Waals surface area contributed by atoms with Crippen LogP contribution in [0.5, 0.6) is 0 Å². The topological polar surface area (TPSA) is 85.2 Å². The van der Waals surface area contributed by atoms with E-state index in [0.717, 1.165) is 28.0 Å². The molecule has 0 aliphatic rings. The second kappa shape index (κ2) is 9.36. The molecule has 144 valence electrons. The van der Waals surface area contributed by atoms with Crippen molar-refractivity contribution < 1.29 is 10.0 Å². The van der Waals surface area contributed by atoms with Crippen molar-refractivity contribution >= 4 is 17.7 Å². The van der Waals surface area contributed by atoms with Gasteiger partial charge in [0.2, 0.25) is 0 Å². The summed E-state index contributed by atoms with van der Waals surface area (Å²) in [5.74, 6) is -0.525. The molecule has 5 heteroatoms. The molecule has 0 radical (unpaired) electrons. The molecule has 0 heterocycles. The van der Waals surface area contributed by atoms with Crippen molar-refractivity contribution in [3.8, 4) is 17.2 Å². The van der Waals surface area contributed by atoms with Crippen LogP contribution < -0.4 is 10.8 Å². The van der Waals surface area contributed by atoms with Gasteiger partial charge >= 0.3 is 0 Å². The third-order valence-electron chi connectivity index (χ3n) is 4.49. The van der Waals surface area contributed by atoms with Crippen molar-refractivity contribution in [2.75, 3.05) is 11.9 Å². The Kier molecular flexibility index (Phi) is 6.41. The first-order valence-corrected chi connectivity index (χ1v) is 9.15. The van der Waals surface area contributed by atoms with E-state index in [9.17, 15) is 4.79 Å². The van der Waals surface area contributed by atoms with Gasteiger partial charge in [0, 0.05) is 17.8 Å². The molecule has 0 bridgehead atoms. The lowest BCUT2D eigenvalue weighted by Gasteiger charge is -2.09. The summed E-state index contributed by atoms with van der Waals surface area (Å²) in [4.78, 5) is 11.4. The second-order valence-corrected chi connectivity index (χ2v) is 6.67. The van der Waals surface area contributed by atoms with Crippen molar-refractivity contribution in [2.24, 2.45) is 0 Å². The lowest BCUT2D eigenvalue weighted by Crippen LogP contribution is -2.18. The van der Waals surface area contributed by atoms with Gasteiger partial charge < -0.3 is 5.32 Å². The van der Waals surface area contributed by atoms with E-state index in [1.54, 1.807) is 17.6 Å². The molecule has 3 rings (SSSR count). The highest BCUT2D eigenvalue weighted by molar-refractivity contribution is 5.93. The second-order valence-electron chi connectivity index (χ2n) is 6.67. The standard InChI is InChI=1S/C24H21N3O2/c1-17(14-18-2-8-22(9-3-18)24(28)27-29)16-26-23-12-10-21(11-13-23)20-6-4-19(15-25)5-7-20/h2-14,26,29H,16H2,1H3,(H,27,28)/b17-14+. The maximum Gasteiger partial charge on any atom is 0.274 e. The zero-order chi connectivity index (χ0) is 20.6. The third-order valence-corrected chi connectivity index (χ3v) is 4.49. The van der Waals surface area contributed by atoms with Crippen molar-refractivity contribution in [3.05, 3.63) is 95.1 Å². The van der Waals surface area contributed by atoms with Crippen LogP contribution in [-0.4, -0.2) is 17.7 Å². The molecule has 3 N–H and O–H groups in total. The summed E-state index contributed by atoms with van der Waals surface area (Å²) >= 11 is 0. The average Bonchev–Trinajstić information content (AvgIpc) is 2.78. The van der Waals surface area contributed by atoms with Crippen molar-refractivity contribution in [1.82, 2.24) is 5.48 Å². The van der Waals surface area contributed by atoms with Crippen molar-refractivity contribution in [1.29, 1.82) is 5.26 Å². The minimum atomic E-state index is -0.525. The summed E-state index contributed by atoms with van der Waals surface area (Å²) in [5, 5.41) is 20.9. The van der Waals surface area contributed by atoms with Gasteiger partial charge in [-0.3, -0.25) is 10.0 Å². The Morgan fingerprint density at radius 3 is 2.10 bits per heavy atom. The number of hydroxylamine groups is 1. The summed E-state index contributed by atoms with van der Waals surface area (Å²) in [5.41, 5.74) is 7.99. The number of nitrogens with zero attached hydrogens (tertiary/aromatic N) is 1. The van der Waals surface area contributed by atoms with E-state index in [0.29, 0.717) is 17.7 Å². The van der Waals surface area contributed by atoms with Gasteiger partial charge in [0.1, 0.15) is 0 Å². The summed E-state index contributed by atoms with van der Waals surface area (Å²) in [6.45, 7) is 2.72. The maximum atomic E-state index is 11.4. The molecule has 0 aliphatic heterocycles. The van der Waals surface area contributed by atoms with Crippen LogP contribution in [0.4, 0.5) is 5.69 Å². The van der Waals surface area contributed by atoms with Gasteiger partial charge in [-0.05, 0) is 60.0 Å².